The Balaban J connectivity index is 1.63. The molecule has 0 bridgehead atoms. The zero-order valence-corrected chi connectivity index (χ0v) is 14.3. The van der Waals surface area contributed by atoms with E-state index >= 15 is 0 Å². The summed E-state index contributed by atoms with van der Waals surface area (Å²) in [6.07, 6.45) is 4.15. The first-order valence-corrected chi connectivity index (χ1v) is 8.46. The number of rotatable bonds is 4. The predicted octanol–water partition coefficient (Wildman–Crippen LogP) is 3.16. The molecule has 4 heteroatoms. The van der Waals surface area contributed by atoms with Crippen LogP contribution in [0.3, 0.4) is 0 Å². The maximum atomic E-state index is 4.24. The van der Waals surface area contributed by atoms with E-state index in [-0.39, 0.29) is 0 Å². The van der Waals surface area contributed by atoms with Gasteiger partial charge in [-0.25, -0.2) is 0 Å². The summed E-state index contributed by atoms with van der Waals surface area (Å²) < 4.78 is 0. The van der Waals surface area contributed by atoms with Crippen LogP contribution in [0, 0.1) is 20.8 Å². The number of nitrogens with zero attached hydrogens (tertiary/aromatic N) is 3. The molecule has 2 heterocycles. The van der Waals surface area contributed by atoms with Crippen LogP contribution in [0.2, 0.25) is 0 Å². The molecular formula is C19H26N4. The Kier molecular flexibility index (Phi) is 4.91. The van der Waals surface area contributed by atoms with Gasteiger partial charge < -0.3 is 10.2 Å². The normalized spacial score (nSPS) is 18.2. The molecule has 4 nitrogen and oxygen atoms in total. The van der Waals surface area contributed by atoms with Crippen molar-refractivity contribution in [2.24, 2.45) is 0 Å². The molecule has 23 heavy (non-hydrogen) atoms. The van der Waals surface area contributed by atoms with Gasteiger partial charge >= 0.3 is 0 Å². The largest absolute Gasteiger partial charge is 0.354 e. The average Bonchev–Trinajstić information content (AvgIpc) is 2.55. The lowest BCUT2D eigenvalue weighted by atomic mass is 9.99. The van der Waals surface area contributed by atoms with E-state index < -0.39 is 0 Å². The number of piperidine rings is 1. The molecule has 1 N–H and O–H groups in total. The van der Waals surface area contributed by atoms with Crippen molar-refractivity contribution < 1.29 is 0 Å². The molecule has 1 fully saturated rings. The first-order chi connectivity index (χ1) is 11.1. The van der Waals surface area contributed by atoms with Gasteiger partial charge in [0.2, 0.25) is 0 Å². The minimum atomic E-state index is 0.505. The number of hydrogen-bond donors (Lipinski definition) is 1. The van der Waals surface area contributed by atoms with E-state index in [0.29, 0.717) is 6.04 Å². The fourth-order valence-electron chi connectivity index (χ4n) is 3.55. The van der Waals surface area contributed by atoms with E-state index in [4.69, 9.17) is 0 Å². The quantitative estimate of drug-likeness (QED) is 0.942. The molecule has 0 radical (unpaired) electrons. The van der Waals surface area contributed by atoms with Crippen molar-refractivity contribution in [3.63, 3.8) is 0 Å². The Bertz CT molecular complexity index is 631. The van der Waals surface area contributed by atoms with Crippen LogP contribution in [-0.2, 0) is 6.54 Å². The molecule has 0 saturated carbocycles. The molecule has 1 aromatic carbocycles. The van der Waals surface area contributed by atoms with Crippen LogP contribution in [0.15, 0.2) is 30.5 Å². The van der Waals surface area contributed by atoms with E-state index in [9.17, 15) is 0 Å². The van der Waals surface area contributed by atoms with Crippen molar-refractivity contribution in [3.8, 4) is 0 Å². The van der Waals surface area contributed by atoms with Crippen molar-refractivity contribution >= 4 is 5.82 Å². The van der Waals surface area contributed by atoms with E-state index in [1.54, 1.807) is 6.20 Å². The second kappa shape index (κ2) is 7.09. The molecule has 2 aromatic rings. The Labute approximate surface area is 138 Å². The van der Waals surface area contributed by atoms with E-state index in [1.807, 2.05) is 12.1 Å². The highest BCUT2D eigenvalue weighted by atomic mass is 15.3. The average molecular weight is 310 g/mol. The maximum Gasteiger partial charge on any atom is 0.151 e. The van der Waals surface area contributed by atoms with Gasteiger partial charge in [0.15, 0.2) is 5.82 Å². The van der Waals surface area contributed by atoms with Gasteiger partial charge in [0, 0.05) is 31.9 Å². The van der Waals surface area contributed by atoms with Crippen LogP contribution >= 0.6 is 0 Å². The van der Waals surface area contributed by atoms with Gasteiger partial charge in [-0.15, -0.1) is 5.10 Å². The summed E-state index contributed by atoms with van der Waals surface area (Å²) in [4.78, 5) is 2.34. The van der Waals surface area contributed by atoms with Gasteiger partial charge in [-0.2, -0.15) is 5.10 Å². The van der Waals surface area contributed by atoms with E-state index in [1.165, 1.54) is 35.1 Å². The molecule has 0 spiro atoms. The van der Waals surface area contributed by atoms with Gasteiger partial charge in [-0.3, -0.25) is 0 Å². The lowest BCUT2D eigenvalue weighted by molar-refractivity contribution is 0.419. The third-order valence-corrected chi connectivity index (χ3v) is 4.71. The summed E-state index contributed by atoms with van der Waals surface area (Å²) in [6.45, 7) is 9.60. The van der Waals surface area contributed by atoms with Crippen molar-refractivity contribution in [1.29, 1.82) is 0 Å². The van der Waals surface area contributed by atoms with E-state index in [0.717, 1.165) is 25.5 Å². The highest BCUT2D eigenvalue weighted by molar-refractivity contribution is 5.38. The van der Waals surface area contributed by atoms with Crippen LogP contribution in [-0.4, -0.2) is 29.3 Å². The van der Waals surface area contributed by atoms with Crippen molar-refractivity contribution in [1.82, 2.24) is 15.5 Å². The number of nitrogens with one attached hydrogen (secondary N) is 1. The molecular weight excluding hydrogens is 284 g/mol. The minimum absolute atomic E-state index is 0.505. The fourth-order valence-corrected chi connectivity index (χ4v) is 3.55. The lowest BCUT2D eigenvalue weighted by Gasteiger charge is -2.34. The molecule has 1 unspecified atom stereocenters. The Hall–Kier alpha value is -1.94. The molecule has 1 aliphatic rings. The number of hydrogen-bond acceptors (Lipinski definition) is 4. The minimum Gasteiger partial charge on any atom is -0.354 e. The van der Waals surface area contributed by atoms with Crippen LogP contribution in [0.25, 0.3) is 0 Å². The highest BCUT2D eigenvalue weighted by Gasteiger charge is 2.21. The van der Waals surface area contributed by atoms with Crippen LogP contribution in [0.1, 0.15) is 35.1 Å². The van der Waals surface area contributed by atoms with Crippen LogP contribution in [0.4, 0.5) is 5.82 Å². The third-order valence-electron chi connectivity index (χ3n) is 4.71. The predicted molar refractivity (Wildman–Crippen MR) is 94.8 cm³/mol. The molecule has 1 aromatic heterocycles. The fraction of sp³-hybridized carbons (Fsp3) is 0.474. The topological polar surface area (TPSA) is 41.0 Å². The lowest BCUT2D eigenvalue weighted by Crippen LogP contribution is -2.46. The summed E-state index contributed by atoms with van der Waals surface area (Å²) in [5, 5.41) is 12.0. The molecule has 1 aliphatic heterocycles. The summed E-state index contributed by atoms with van der Waals surface area (Å²) in [7, 11) is 0. The third kappa shape index (κ3) is 3.88. The second-order valence-corrected chi connectivity index (χ2v) is 6.63. The molecule has 0 aliphatic carbocycles. The molecule has 0 amide bonds. The summed E-state index contributed by atoms with van der Waals surface area (Å²) in [5.41, 5.74) is 5.55. The Morgan fingerprint density at radius 2 is 2.00 bits per heavy atom. The number of aryl methyl sites for hydroxylation is 3. The molecule has 1 saturated heterocycles. The van der Waals surface area contributed by atoms with Gasteiger partial charge in [0.1, 0.15) is 0 Å². The number of anilines is 1. The van der Waals surface area contributed by atoms with Gasteiger partial charge in [0.05, 0.1) is 0 Å². The second-order valence-electron chi connectivity index (χ2n) is 6.63. The maximum absolute atomic E-state index is 4.24. The SMILES string of the molecule is Cc1cc(C)c(CNC2CCCN(c3cccnn3)C2)c(C)c1. The van der Waals surface area contributed by atoms with E-state index in [2.05, 4.69) is 53.3 Å². The first-order valence-electron chi connectivity index (χ1n) is 8.46. The smallest absolute Gasteiger partial charge is 0.151 e. The standard InChI is InChI=1S/C19H26N4/c1-14-10-15(2)18(16(3)11-14)12-20-17-6-5-9-23(13-17)19-7-4-8-21-22-19/h4,7-8,10-11,17,20H,5-6,9,12-13H2,1-3H3. The highest BCUT2D eigenvalue weighted by Crippen LogP contribution is 2.19. The first kappa shape index (κ1) is 15.9. The Morgan fingerprint density at radius 3 is 2.70 bits per heavy atom. The van der Waals surface area contributed by atoms with Crippen molar-refractivity contribution in [2.45, 2.75) is 46.2 Å². The zero-order valence-electron chi connectivity index (χ0n) is 14.3. The van der Waals surface area contributed by atoms with Crippen LogP contribution < -0.4 is 10.2 Å². The molecule has 1 atom stereocenters. The molecule has 122 valence electrons. The van der Waals surface area contributed by atoms with Gasteiger partial charge in [-0.1, -0.05) is 17.7 Å². The monoisotopic (exact) mass is 310 g/mol. The van der Waals surface area contributed by atoms with Gasteiger partial charge in [-0.05, 0) is 62.4 Å². The van der Waals surface area contributed by atoms with Crippen molar-refractivity contribution in [2.75, 3.05) is 18.0 Å². The molecule has 3 rings (SSSR count). The zero-order chi connectivity index (χ0) is 16.2. The van der Waals surface area contributed by atoms with Crippen LogP contribution in [0.5, 0.6) is 0 Å². The number of benzene rings is 1. The summed E-state index contributed by atoms with van der Waals surface area (Å²) >= 11 is 0. The summed E-state index contributed by atoms with van der Waals surface area (Å²) in [5.74, 6) is 0.988. The number of aromatic nitrogens is 2. The van der Waals surface area contributed by atoms with Crippen molar-refractivity contribution in [3.05, 3.63) is 52.7 Å². The Morgan fingerprint density at radius 1 is 1.22 bits per heavy atom. The summed E-state index contributed by atoms with van der Waals surface area (Å²) in [6, 6.07) is 9.06. The van der Waals surface area contributed by atoms with Gasteiger partial charge in [0.25, 0.3) is 0 Å².